The number of fused-ring (bicyclic) bond motifs is 1. The van der Waals surface area contributed by atoms with E-state index in [-0.39, 0.29) is 0 Å². The molecule has 1 N–H and O–H groups in total. The molecule has 94 valence electrons. The van der Waals surface area contributed by atoms with Crippen LogP contribution in [0.25, 0.3) is 10.8 Å². The Kier molecular flexibility index (Phi) is 2.92. The lowest BCUT2D eigenvalue weighted by Crippen LogP contribution is -2.43. The average molecular weight is 241 g/mol. The summed E-state index contributed by atoms with van der Waals surface area (Å²) in [5.74, 6) is 1.11. The third-order valence-corrected chi connectivity index (χ3v) is 3.61. The van der Waals surface area contributed by atoms with Gasteiger partial charge in [-0.1, -0.05) is 11.6 Å². The Morgan fingerprint density at radius 1 is 1.11 bits per heavy atom. The summed E-state index contributed by atoms with van der Waals surface area (Å²) in [6.45, 7) is 8.50. The van der Waals surface area contributed by atoms with Crippen molar-refractivity contribution in [1.29, 1.82) is 0 Å². The number of benzene rings is 1. The zero-order valence-electron chi connectivity index (χ0n) is 11.0. The maximum absolute atomic E-state index is 4.61. The smallest absolute Gasteiger partial charge is 0.129 e. The lowest BCUT2D eigenvalue weighted by Gasteiger charge is -2.28. The number of rotatable bonds is 1. The molecule has 0 unspecified atom stereocenters. The second-order valence-corrected chi connectivity index (χ2v) is 5.08. The summed E-state index contributed by atoms with van der Waals surface area (Å²) in [5, 5.41) is 5.94. The summed E-state index contributed by atoms with van der Waals surface area (Å²) in [6.07, 6.45) is 2.01. The fourth-order valence-electron chi connectivity index (χ4n) is 2.68. The van der Waals surface area contributed by atoms with Crippen molar-refractivity contribution in [3.05, 3.63) is 35.5 Å². The molecule has 0 aliphatic carbocycles. The van der Waals surface area contributed by atoms with Gasteiger partial charge in [-0.2, -0.15) is 0 Å². The monoisotopic (exact) mass is 241 g/mol. The second kappa shape index (κ2) is 4.58. The number of aromatic nitrogens is 1. The van der Waals surface area contributed by atoms with Crippen molar-refractivity contribution in [2.75, 3.05) is 31.1 Å². The highest BCUT2D eigenvalue weighted by Crippen LogP contribution is 2.24. The van der Waals surface area contributed by atoms with Gasteiger partial charge in [0.1, 0.15) is 5.82 Å². The standard InChI is InChI=1S/C15H19N3/c1-11-7-12(2)14-9-15(17-10-13(14)8-11)18-5-3-16-4-6-18/h7-10,16H,3-6H2,1-2H3. The van der Waals surface area contributed by atoms with Gasteiger partial charge in [-0.05, 0) is 36.9 Å². The summed E-state index contributed by atoms with van der Waals surface area (Å²) in [4.78, 5) is 6.97. The van der Waals surface area contributed by atoms with Gasteiger partial charge in [0, 0.05) is 37.8 Å². The summed E-state index contributed by atoms with van der Waals surface area (Å²) >= 11 is 0. The van der Waals surface area contributed by atoms with E-state index in [0.717, 1.165) is 32.0 Å². The fraction of sp³-hybridized carbons (Fsp3) is 0.400. The highest BCUT2D eigenvalue weighted by molar-refractivity contribution is 5.87. The zero-order valence-corrected chi connectivity index (χ0v) is 11.0. The van der Waals surface area contributed by atoms with Crippen LogP contribution in [0.5, 0.6) is 0 Å². The fourth-order valence-corrected chi connectivity index (χ4v) is 2.68. The van der Waals surface area contributed by atoms with Crippen LogP contribution >= 0.6 is 0 Å². The molecule has 1 saturated heterocycles. The van der Waals surface area contributed by atoms with Gasteiger partial charge >= 0.3 is 0 Å². The molecular weight excluding hydrogens is 222 g/mol. The van der Waals surface area contributed by atoms with Crippen molar-refractivity contribution >= 4 is 16.6 Å². The van der Waals surface area contributed by atoms with Gasteiger partial charge in [0.05, 0.1) is 0 Å². The molecular formula is C15H19N3. The van der Waals surface area contributed by atoms with Crippen LogP contribution in [0.15, 0.2) is 24.4 Å². The van der Waals surface area contributed by atoms with Crippen LogP contribution in [0.1, 0.15) is 11.1 Å². The van der Waals surface area contributed by atoms with Gasteiger partial charge in [0.15, 0.2) is 0 Å². The molecule has 0 spiro atoms. The Bertz CT molecular complexity index is 571. The Labute approximate surface area is 108 Å². The van der Waals surface area contributed by atoms with Gasteiger partial charge in [-0.25, -0.2) is 4.98 Å². The summed E-state index contributed by atoms with van der Waals surface area (Å²) in [5.41, 5.74) is 2.64. The third-order valence-electron chi connectivity index (χ3n) is 3.61. The summed E-state index contributed by atoms with van der Waals surface area (Å²) < 4.78 is 0. The molecule has 1 aliphatic rings. The average Bonchev–Trinajstić information content (AvgIpc) is 2.39. The molecule has 0 radical (unpaired) electrons. The second-order valence-electron chi connectivity index (χ2n) is 5.08. The number of piperazine rings is 1. The molecule has 0 atom stereocenters. The van der Waals surface area contributed by atoms with Crippen molar-refractivity contribution in [1.82, 2.24) is 10.3 Å². The molecule has 1 aromatic heterocycles. The van der Waals surface area contributed by atoms with Gasteiger partial charge in [-0.15, -0.1) is 0 Å². The number of nitrogens with zero attached hydrogens (tertiary/aromatic N) is 2. The minimum Gasteiger partial charge on any atom is -0.354 e. The van der Waals surface area contributed by atoms with Crippen molar-refractivity contribution < 1.29 is 0 Å². The maximum Gasteiger partial charge on any atom is 0.129 e. The van der Waals surface area contributed by atoms with E-state index in [1.54, 1.807) is 0 Å². The number of anilines is 1. The third kappa shape index (κ3) is 2.06. The van der Waals surface area contributed by atoms with E-state index in [4.69, 9.17) is 0 Å². The molecule has 2 heterocycles. The van der Waals surface area contributed by atoms with Crippen LogP contribution in [0.2, 0.25) is 0 Å². The van der Waals surface area contributed by atoms with Crippen molar-refractivity contribution in [2.45, 2.75) is 13.8 Å². The van der Waals surface area contributed by atoms with Gasteiger partial charge in [-0.3, -0.25) is 0 Å². The van der Waals surface area contributed by atoms with E-state index in [2.05, 4.69) is 47.2 Å². The lowest BCUT2D eigenvalue weighted by atomic mass is 10.0. The van der Waals surface area contributed by atoms with Gasteiger partial charge in [0.2, 0.25) is 0 Å². The Balaban J connectivity index is 2.04. The minimum atomic E-state index is 1.05. The molecule has 0 bridgehead atoms. The predicted molar refractivity (Wildman–Crippen MR) is 76.3 cm³/mol. The SMILES string of the molecule is Cc1cc(C)c2cc(N3CCNCC3)ncc2c1. The molecule has 1 fully saturated rings. The molecule has 3 rings (SSSR count). The van der Waals surface area contributed by atoms with Crippen LogP contribution < -0.4 is 10.2 Å². The van der Waals surface area contributed by atoms with Gasteiger partial charge in [0.25, 0.3) is 0 Å². The first kappa shape index (κ1) is 11.5. The maximum atomic E-state index is 4.61. The molecule has 18 heavy (non-hydrogen) atoms. The van der Waals surface area contributed by atoms with E-state index in [9.17, 15) is 0 Å². The van der Waals surface area contributed by atoms with E-state index in [1.165, 1.54) is 21.9 Å². The predicted octanol–water partition coefficient (Wildman–Crippen LogP) is 2.26. The van der Waals surface area contributed by atoms with E-state index < -0.39 is 0 Å². The first-order valence-electron chi connectivity index (χ1n) is 6.57. The molecule has 3 heteroatoms. The zero-order chi connectivity index (χ0) is 12.5. The molecule has 0 amide bonds. The Hall–Kier alpha value is -1.61. The van der Waals surface area contributed by atoms with E-state index in [1.807, 2.05) is 6.20 Å². The highest BCUT2D eigenvalue weighted by Gasteiger charge is 2.12. The number of hydrogen-bond acceptors (Lipinski definition) is 3. The topological polar surface area (TPSA) is 28.2 Å². The van der Waals surface area contributed by atoms with Crippen LogP contribution in [0.3, 0.4) is 0 Å². The molecule has 3 nitrogen and oxygen atoms in total. The van der Waals surface area contributed by atoms with Crippen LogP contribution in [0.4, 0.5) is 5.82 Å². The minimum absolute atomic E-state index is 1.05. The van der Waals surface area contributed by atoms with Gasteiger partial charge < -0.3 is 10.2 Å². The van der Waals surface area contributed by atoms with Crippen LogP contribution in [-0.4, -0.2) is 31.2 Å². The Morgan fingerprint density at radius 3 is 2.67 bits per heavy atom. The quantitative estimate of drug-likeness (QED) is 0.830. The van der Waals surface area contributed by atoms with Crippen molar-refractivity contribution in [3.8, 4) is 0 Å². The van der Waals surface area contributed by atoms with Crippen LogP contribution in [-0.2, 0) is 0 Å². The molecule has 1 aromatic carbocycles. The number of nitrogens with one attached hydrogen (secondary N) is 1. The summed E-state index contributed by atoms with van der Waals surface area (Å²) in [6, 6.07) is 6.68. The normalized spacial score (nSPS) is 16.2. The first-order valence-corrected chi connectivity index (χ1v) is 6.57. The molecule has 0 saturated carbocycles. The number of pyridine rings is 1. The van der Waals surface area contributed by atoms with Crippen LogP contribution in [0, 0.1) is 13.8 Å². The van der Waals surface area contributed by atoms with E-state index >= 15 is 0 Å². The lowest BCUT2D eigenvalue weighted by molar-refractivity contribution is 0.585. The van der Waals surface area contributed by atoms with Crippen molar-refractivity contribution in [2.24, 2.45) is 0 Å². The molecule has 2 aromatic rings. The number of aryl methyl sites for hydroxylation is 2. The van der Waals surface area contributed by atoms with Crippen molar-refractivity contribution in [3.63, 3.8) is 0 Å². The highest BCUT2D eigenvalue weighted by atomic mass is 15.2. The summed E-state index contributed by atoms with van der Waals surface area (Å²) in [7, 11) is 0. The Morgan fingerprint density at radius 2 is 1.89 bits per heavy atom. The number of hydrogen-bond donors (Lipinski definition) is 1. The molecule has 1 aliphatic heterocycles. The largest absolute Gasteiger partial charge is 0.354 e. The van der Waals surface area contributed by atoms with E-state index in [0.29, 0.717) is 0 Å². The first-order chi connectivity index (χ1) is 8.74.